The zero-order valence-electron chi connectivity index (χ0n) is 15.0. The average Bonchev–Trinajstić information content (AvgIpc) is 3.35. The predicted molar refractivity (Wildman–Crippen MR) is 103 cm³/mol. The summed E-state index contributed by atoms with van der Waals surface area (Å²) in [4.78, 5) is 25.8. The van der Waals surface area contributed by atoms with Crippen LogP contribution in [0.3, 0.4) is 0 Å². The summed E-state index contributed by atoms with van der Waals surface area (Å²) in [5.74, 6) is -0.129. The minimum atomic E-state index is -0.239. The Morgan fingerprint density at radius 2 is 1.84 bits per heavy atom. The lowest BCUT2D eigenvalue weighted by Gasteiger charge is -2.39. The third-order valence-corrected chi connectivity index (χ3v) is 6.46. The Balaban J connectivity index is 1.82. The first-order chi connectivity index (χ1) is 11.9. The molecule has 0 radical (unpaired) electrons. The second-order valence-corrected chi connectivity index (χ2v) is 8.63. The van der Waals surface area contributed by atoms with Crippen molar-refractivity contribution < 1.29 is 9.59 Å². The highest BCUT2D eigenvalue weighted by atomic mass is 79.9. The van der Waals surface area contributed by atoms with Gasteiger partial charge < -0.3 is 10.6 Å². The molecular weight excluding hydrogens is 380 g/mol. The van der Waals surface area contributed by atoms with E-state index in [1.165, 1.54) is 12.8 Å². The minimum Gasteiger partial charge on any atom is -0.356 e. The maximum atomic E-state index is 13.2. The van der Waals surface area contributed by atoms with E-state index in [-0.39, 0.29) is 29.1 Å². The van der Waals surface area contributed by atoms with Gasteiger partial charge in [0, 0.05) is 22.6 Å². The summed E-state index contributed by atoms with van der Waals surface area (Å²) in [5, 5.41) is 5.99. The van der Waals surface area contributed by atoms with Crippen molar-refractivity contribution >= 4 is 33.4 Å². The lowest BCUT2D eigenvalue weighted by Crippen LogP contribution is -2.47. The zero-order valence-corrected chi connectivity index (χ0v) is 16.6. The van der Waals surface area contributed by atoms with Gasteiger partial charge in [0.2, 0.25) is 11.8 Å². The van der Waals surface area contributed by atoms with Crippen molar-refractivity contribution in [2.24, 2.45) is 23.2 Å². The lowest BCUT2D eigenvalue weighted by atomic mass is 9.65. The van der Waals surface area contributed by atoms with Crippen molar-refractivity contribution in [1.82, 2.24) is 5.32 Å². The lowest BCUT2D eigenvalue weighted by molar-refractivity contribution is -0.137. The Kier molecular flexibility index (Phi) is 5.52. The van der Waals surface area contributed by atoms with Crippen LogP contribution in [0.15, 0.2) is 28.7 Å². The van der Waals surface area contributed by atoms with E-state index in [4.69, 9.17) is 0 Å². The van der Waals surface area contributed by atoms with Gasteiger partial charge in [-0.3, -0.25) is 9.59 Å². The number of benzene rings is 1. The maximum absolute atomic E-state index is 13.2. The molecule has 2 saturated carbocycles. The van der Waals surface area contributed by atoms with Crippen LogP contribution in [-0.2, 0) is 9.59 Å². The molecule has 0 spiro atoms. The van der Waals surface area contributed by atoms with E-state index in [0.29, 0.717) is 12.5 Å². The van der Waals surface area contributed by atoms with Crippen LogP contribution in [0.1, 0.15) is 46.0 Å². The van der Waals surface area contributed by atoms with Crippen molar-refractivity contribution in [3.63, 3.8) is 0 Å². The monoisotopic (exact) mass is 406 g/mol. The highest BCUT2D eigenvalue weighted by Gasteiger charge is 2.54. The van der Waals surface area contributed by atoms with Gasteiger partial charge in [0.15, 0.2) is 0 Å². The smallest absolute Gasteiger partial charge is 0.228 e. The van der Waals surface area contributed by atoms with Gasteiger partial charge in [-0.15, -0.1) is 0 Å². The quantitative estimate of drug-likeness (QED) is 0.762. The van der Waals surface area contributed by atoms with E-state index >= 15 is 0 Å². The first-order valence-corrected chi connectivity index (χ1v) is 10.1. The maximum Gasteiger partial charge on any atom is 0.228 e. The number of amides is 2. The van der Waals surface area contributed by atoms with Crippen LogP contribution in [-0.4, -0.2) is 18.4 Å². The molecule has 0 aliphatic heterocycles. The molecule has 3 atom stereocenters. The van der Waals surface area contributed by atoms with Crippen molar-refractivity contribution in [3.05, 3.63) is 28.7 Å². The van der Waals surface area contributed by atoms with Gasteiger partial charge in [-0.2, -0.15) is 0 Å². The van der Waals surface area contributed by atoms with Gasteiger partial charge in [0.05, 0.1) is 5.92 Å². The van der Waals surface area contributed by atoms with E-state index in [0.717, 1.165) is 29.4 Å². The van der Waals surface area contributed by atoms with Crippen molar-refractivity contribution in [2.75, 3.05) is 11.9 Å². The Bertz CT molecular complexity index is 640. The van der Waals surface area contributed by atoms with Gasteiger partial charge in [-0.05, 0) is 68.2 Å². The van der Waals surface area contributed by atoms with E-state index in [2.05, 4.69) is 33.5 Å². The highest BCUT2D eigenvalue weighted by Crippen LogP contribution is 2.58. The van der Waals surface area contributed by atoms with E-state index in [1.54, 1.807) is 0 Å². The number of anilines is 1. The number of rotatable bonds is 5. The van der Waals surface area contributed by atoms with Gasteiger partial charge >= 0.3 is 0 Å². The molecule has 25 heavy (non-hydrogen) atoms. The molecule has 5 heteroatoms. The number of carbonyl (C=O) groups excluding carboxylic acids is 2. The summed E-state index contributed by atoms with van der Waals surface area (Å²) in [5.41, 5.74) is 1.01. The summed E-state index contributed by atoms with van der Waals surface area (Å²) in [6.07, 6.45) is 5.22. The normalized spacial score (nSPS) is 27.4. The van der Waals surface area contributed by atoms with Crippen LogP contribution >= 0.6 is 15.9 Å². The van der Waals surface area contributed by atoms with Crippen molar-refractivity contribution in [3.8, 4) is 0 Å². The standard InChI is InChI=1S/C20H27BrN2O2/c1-3-22-18(24)15-5-4-6-16(20(2)11-12-20)17(15)19(25)23-14-9-7-13(21)8-10-14/h7-10,15-17H,3-6,11-12H2,1-2H3,(H,22,24)(H,23,25). The number of hydrogen-bond acceptors (Lipinski definition) is 2. The first kappa shape index (κ1) is 18.4. The predicted octanol–water partition coefficient (Wildman–Crippen LogP) is 4.36. The summed E-state index contributed by atoms with van der Waals surface area (Å²) in [7, 11) is 0. The van der Waals surface area contributed by atoms with Crippen LogP contribution in [0.5, 0.6) is 0 Å². The fraction of sp³-hybridized carbons (Fsp3) is 0.600. The molecule has 0 aromatic heterocycles. The molecule has 0 saturated heterocycles. The molecule has 3 rings (SSSR count). The third-order valence-electron chi connectivity index (χ3n) is 5.93. The molecule has 2 amide bonds. The molecule has 0 bridgehead atoms. The molecule has 1 aromatic rings. The third kappa shape index (κ3) is 4.08. The van der Waals surface area contributed by atoms with Gasteiger partial charge in [0.1, 0.15) is 0 Å². The van der Waals surface area contributed by atoms with Crippen LogP contribution in [0.4, 0.5) is 5.69 Å². The molecule has 136 valence electrons. The SMILES string of the molecule is CCNC(=O)C1CCCC(C2(C)CC2)C1C(=O)Nc1ccc(Br)cc1. The first-order valence-electron chi connectivity index (χ1n) is 9.29. The molecule has 2 fully saturated rings. The van der Waals surface area contributed by atoms with Crippen LogP contribution in [0, 0.1) is 23.2 Å². The van der Waals surface area contributed by atoms with Gasteiger partial charge in [-0.1, -0.05) is 29.3 Å². The van der Waals surface area contributed by atoms with Crippen molar-refractivity contribution in [1.29, 1.82) is 0 Å². The van der Waals surface area contributed by atoms with E-state index in [9.17, 15) is 9.59 Å². The Morgan fingerprint density at radius 3 is 2.44 bits per heavy atom. The molecule has 2 aliphatic carbocycles. The van der Waals surface area contributed by atoms with E-state index < -0.39 is 0 Å². The average molecular weight is 407 g/mol. The Hall–Kier alpha value is -1.36. The Morgan fingerprint density at radius 1 is 1.16 bits per heavy atom. The van der Waals surface area contributed by atoms with Crippen LogP contribution in [0.25, 0.3) is 0 Å². The fourth-order valence-corrected chi connectivity index (χ4v) is 4.54. The molecule has 0 heterocycles. The molecule has 2 N–H and O–H groups in total. The van der Waals surface area contributed by atoms with Gasteiger partial charge in [-0.25, -0.2) is 0 Å². The summed E-state index contributed by atoms with van der Waals surface area (Å²) in [6.45, 7) is 4.81. The Labute approximate surface area is 158 Å². The summed E-state index contributed by atoms with van der Waals surface area (Å²) >= 11 is 3.41. The molecule has 1 aromatic carbocycles. The zero-order chi connectivity index (χ0) is 18.0. The number of carbonyl (C=O) groups is 2. The largest absolute Gasteiger partial charge is 0.356 e. The van der Waals surface area contributed by atoms with Crippen LogP contribution < -0.4 is 10.6 Å². The molecular formula is C20H27BrN2O2. The van der Waals surface area contributed by atoms with Crippen LogP contribution in [0.2, 0.25) is 0 Å². The number of hydrogen-bond donors (Lipinski definition) is 2. The summed E-state index contributed by atoms with van der Waals surface area (Å²) in [6, 6.07) is 7.61. The topological polar surface area (TPSA) is 58.2 Å². The molecule has 2 aliphatic rings. The number of nitrogens with one attached hydrogen (secondary N) is 2. The second-order valence-electron chi connectivity index (χ2n) is 7.71. The van der Waals surface area contributed by atoms with E-state index in [1.807, 2.05) is 31.2 Å². The fourth-order valence-electron chi connectivity index (χ4n) is 4.27. The van der Waals surface area contributed by atoms with Crippen molar-refractivity contribution in [2.45, 2.75) is 46.0 Å². The number of halogens is 1. The summed E-state index contributed by atoms with van der Waals surface area (Å²) < 4.78 is 0.978. The molecule has 3 unspecified atom stereocenters. The minimum absolute atomic E-state index is 0.00333. The second kappa shape index (κ2) is 7.48. The van der Waals surface area contributed by atoms with Gasteiger partial charge in [0.25, 0.3) is 0 Å². The highest BCUT2D eigenvalue weighted by molar-refractivity contribution is 9.10. The molecule has 4 nitrogen and oxygen atoms in total.